The van der Waals surface area contributed by atoms with Crippen LogP contribution in [-0.2, 0) is 4.79 Å². The first-order chi connectivity index (χ1) is 16.1. The Bertz CT molecular complexity index is 777. The molecule has 4 heterocycles. The highest BCUT2D eigenvalue weighted by molar-refractivity contribution is 5.76. The van der Waals surface area contributed by atoms with Gasteiger partial charge in [-0.2, -0.15) is 0 Å². The minimum atomic E-state index is 0.368. The van der Waals surface area contributed by atoms with Crippen LogP contribution in [0.1, 0.15) is 51.4 Å². The van der Waals surface area contributed by atoms with E-state index in [9.17, 15) is 4.79 Å². The molecule has 4 fully saturated rings. The van der Waals surface area contributed by atoms with Crippen molar-refractivity contribution in [3.63, 3.8) is 0 Å². The van der Waals surface area contributed by atoms with Gasteiger partial charge in [0.2, 0.25) is 5.91 Å². The Morgan fingerprint density at radius 3 is 2.36 bits per heavy atom. The number of carbonyl (C=O) groups excluding carboxylic acids is 1. The summed E-state index contributed by atoms with van der Waals surface area (Å²) in [5.74, 6) is 3.00. The molecule has 8 heteroatoms. The van der Waals surface area contributed by atoms with Crippen LogP contribution in [-0.4, -0.2) is 102 Å². The first kappa shape index (κ1) is 22.8. The molecule has 0 radical (unpaired) electrons. The Balaban J connectivity index is 1.00. The van der Waals surface area contributed by atoms with E-state index >= 15 is 0 Å². The third-order valence-corrected chi connectivity index (χ3v) is 8.16. The summed E-state index contributed by atoms with van der Waals surface area (Å²) in [6.45, 7) is 8.38. The molecule has 1 aromatic rings. The summed E-state index contributed by atoms with van der Waals surface area (Å²) in [4.78, 5) is 31.3. The van der Waals surface area contributed by atoms with E-state index in [-0.39, 0.29) is 0 Å². The van der Waals surface area contributed by atoms with Crippen LogP contribution in [0.4, 0.5) is 11.6 Å². The summed E-state index contributed by atoms with van der Waals surface area (Å²) < 4.78 is 0. The Labute approximate surface area is 198 Å². The highest BCUT2D eigenvalue weighted by Crippen LogP contribution is 2.28. The Kier molecular flexibility index (Phi) is 7.30. The summed E-state index contributed by atoms with van der Waals surface area (Å²) in [5, 5.41) is 3.47. The SMILES string of the molecule is CN1CCC(N2CCN(C(=O)CCC3CCN(c4cc(NC5CC5)ncn4)CC3)CC2)CC1. The van der Waals surface area contributed by atoms with E-state index in [1.54, 1.807) is 6.33 Å². The Hall–Kier alpha value is -1.93. The van der Waals surface area contributed by atoms with Crippen LogP contribution < -0.4 is 10.2 Å². The maximum Gasteiger partial charge on any atom is 0.222 e. The van der Waals surface area contributed by atoms with Gasteiger partial charge in [-0.15, -0.1) is 0 Å². The van der Waals surface area contributed by atoms with Gasteiger partial charge in [0, 0.05) is 63.8 Å². The van der Waals surface area contributed by atoms with Gasteiger partial charge < -0.3 is 20.0 Å². The third kappa shape index (κ3) is 6.15. The molecular formula is C25H41N7O. The third-order valence-electron chi connectivity index (χ3n) is 8.16. The van der Waals surface area contributed by atoms with E-state index in [1.807, 2.05) is 0 Å². The quantitative estimate of drug-likeness (QED) is 0.677. The van der Waals surface area contributed by atoms with Gasteiger partial charge in [0.1, 0.15) is 18.0 Å². The Morgan fingerprint density at radius 1 is 0.939 bits per heavy atom. The maximum absolute atomic E-state index is 12.8. The number of anilines is 2. The fourth-order valence-corrected chi connectivity index (χ4v) is 5.67. The van der Waals surface area contributed by atoms with Crippen molar-refractivity contribution in [2.24, 2.45) is 5.92 Å². The van der Waals surface area contributed by atoms with Crippen LogP contribution >= 0.6 is 0 Å². The second-order valence-electron chi connectivity index (χ2n) is 10.6. The van der Waals surface area contributed by atoms with Crippen LogP contribution in [0, 0.1) is 5.92 Å². The molecule has 0 atom stereocenters. The van der Waals surface area contributed by atoms with Gasteiger partial charge in [0.05, 0.1) is 0 Å². The molecular weight excluding hydrogens is 414 g/mol. The molecule has 1 N–H and O–H groups in total. The minimum absolute atomic E-state index is 0.368. The second-order valence-corrected chi connectivity index (χ2v) is 10.6. The normalized spacial score (nSPS) is 24.3. The molecule has 0 aromatic carbocycles. The number of likely N-dealkylation sites (tertiary alicyclic amines) is 1. The van der Waals surface area contributed by atoms with Gasteiger partial charge in [-0.05, 0) is 71.0 Å². The molecule has 8 nitrogen and oxygen atoms in total. The van der Waals surface area contributed by atoms with Crippen LogP contribution in [0.25, 0.3) is 0 Å². The second kappa shape index (κ2) is 10.6. The lowest BCUT2D eigenvalue weighted by molar-refractivity contribution is -0.133. The van der Waals surface area contributed by atoms with Crippen molar-refractivity contribution in [1.82, 2.24) is 24.7 Å². The van der Waals surface area contributed by atoms with E-state index < -0.39 is 0 Å². The van der Waals surface area contributed by atoms with Crippen molar-refractivity contribution in [1.29, 1.82) is 0 Å². The molecule has 4 aliphatic rings. The number of rotatable bonds is 7. The summed E-state index contributed by atoms with van der Waals surface area (Å²) >= 11 is 0. The number of carbonyl (C=O) groups is 1. The van der Waals surface area contributed by atoms with E-state index in [4.69, 9.17) is 0 Å². The average molecular weight is 456 g/mol. The number of piperazine rings is 1. The number of nitrogens with zero attached hydrogens (tertiary/aromatic N) is 6. The molecule has 3 saturated heterocycles. The van der Waals surface area contributed by atoms with Crippen LogP contribution in [0.3, 0.4) is 0 Å². The molecule has 182 valence electrons. The van der Waals surface area contributed by atoms with Crippen molar-refractivity contribution in [2.75, 3.05) is 69.6 Å². The zero-order chi connectivity index (χ0) is 22.6. The van der Waals surface area contributed by atoms with E-state index in [0.29, 0.717) is 24.3 Å². The summed E-state index contributed by atoms with van der Waals surface area (Å²) in [7, 11) is 2.22. The summed E-state index contributed by atoms with van der Waals surface area (Å²) in [6, 6.07) is 3.42. The summed E-state index contributed by atoms with van der Waals surface area (Å²) in [6.07, 6.45) is 10.8. The van der Waals surface area contributed by atoms with E-state index in [0.717, 1.165) is 76.2 Å². The number of aromatic nitrogens is 2. The van der Waals surface area contributed by atoms with Crippen molar-refractivity contribution in [2.45, 2.75) is 63.5 Å². The smallest absolute Gasteiger partial charge is 0.222 e. The topological polar surface area (TPSA) is 67.8 Å². The minimum Gasteiger partial charge on any atom is -0.367 e. The maximum atomic E-state index is 12.8. The first-order valence-corrected chi connectivity index (χ1v) is 13.2. The molecule has 1 aliphatic carbocycles. The van der Waals surface area contributed by atoms with Gasteiger partial charge in [0.15, 0.2) is 0 Å². The predicted molar refractivity (Wildman–Crippen MR) is 132 cm³/mol. The lowest BCUT2D eigenvalue weighted by Gasteiger charge is -2.42. The lowest BCUT2D eigenvalue weighted by Crippen LogP contribution is -2.54. The lowest BCUT2D eigenvalue weighted by atomic mass is 9.92. The van der Waals surface area contributed by atoms with Gasteiger partial charge in [-0.1, -0.05) is 0 Å². The molecule has 0 unspecified atom stereocenters. The van der Waals surface area contributed by atoms with Crippen molar-refractivity contribution in [3.05, 3.63) is 12.4 Å². The molecule has 0 spiro atoms. The van der Waals surface area contributed by atoms with Crippen LogP contribution in [0.5, 0.6) is 0 Å². The first-order valence-electron chi connectivity index (χ1n) is 13.2. The molecule has 33 heavy (non-hydrogen) atoms. The van der Waals surface area contributed by atoms with Gasteiger partial charge in [0.25, 0.3) is 0 Å². The highest BCUT2D eigenvalue weighted by atomic mass is 16.2. The number of piperidine rings is 2. The molecule has 5 rings (SSSR count). The number of nitrogens with one attached hydrogen (secondary N) is 1. The molecule has 1 saturated carbocycles. The fraction of sp³-hybridized carbons (Fsp3) is 0.800. The zero-order valence-corrected chi connectivity index (χ0v) is 20.3. The largest absolute Gasteiger partial charge is 0.367 e. The number of hydrogen-bond donors (Lipinski definition) is 1. The molecule has 0 bridgehead atoms. The number of hydrogen-bond acceptors (Lipinski definition) is 7. The monoisotopic (exact) mass is 455 g/mol. The van der Waals surface area contributed by atoms with Crippen molar-refractivity contribution < 1.29 is 4.79 Å². The van der Waals surface area contributed by atoms with E-state index in [2.05, 4.69) is 48.0 Å². The van der Waals surface area contributed by atoms with Crippen molar-refractivity contribution >= 4 is 17.5 Å². The van der Waals surface area contributed by atoms with Gasteiger partial charge in [-0.3, -0.25) is 9.69 Å². The average Bonchev–Trinajstić information content (AvgIpc) is 3.68. The summed E-state index contributed by atoms with van der Waals surface area (Å²) in [5.41, 5.74) is 0. The van der Waals surface area contributed by atoms with E-state index in [1.165, 1.54) is 38.8 Å². The van der Waals surface area contributed by atoms with Crippen LogP contribution in [0.2, 0.25) is 0 Å². The zero-order valence-electron chi connectivity index (χ0n) is 20.3. The van der Waals surface area contributed by atoms with Gasteiger partial charge in [-0.25, -0.2) is 9.97 Å². The highest BCUT2D eigenvalue weighted by Gasteiger charge is 2.29. The molecule has 3 aliphatic heterocycles. The fourth-order valence-electron chi connectivity index (χ4n) is 5.67. The van der Waals surface area contributed by atoms with Crippen molar-refractivity contribution in [3.8, 4) is 0 Å². The number of amides is 1. The molecule has 1 amide bonds. The van der Waals surface area contributed by atoms with Crippen LogP contribution in [0.15, 0.2) is 12.4 Å². The van der Waals surface area contributed by atoms with Gasteiger partial charge >= 0.3 is 0 Å². The predicted octanol–water partition coefficient (Wildman–Crippen LogP) is 2.29. The Morgan fingerprint density at radius 2 is 1.67 bits per heavy atom. The molecule has 1 aromatic heterocycles. The standard InChI is InChI=1S/C25H41N7O/c1-29-10-8-22(9-11-29)30-14-16-32(17-15-30)25(33)5-2-20-6-12-31(13-7-20)24-18-23(26-19-27-24)28-21-3-4-21/h18-22H,2-17H2,1H3,(H,26,27,28).